The van der Waals surface area contributed by atoms with Crippen molar-refractivity contribution in [3.8, 4) is 6.07 Å². The van der Waals surface area contributed by atoms with Crippen molar-refractivity contribution in [2.75, 3.05) is 20.2 Å². The van der Waals surface area contributed by atoms with E-state index in [4.69, 9.17) is 4.74 Å². The first-order chi connectivity index (χ1) is 18.7. The molecule has 0 spiro atoms. The van der Waals surface area contributed by atoms with Crippen LogP contribution in [-0.2, 0) is 4.74 Å². The predicted octanol–water partition coefficient (Wildman–Crippen LogP) is 4.61. The second kappa shape index (κ2) is 13.6. The molecule has 3 unspecified atom stereocenters. The summed E-state index contributed by atoms with van der Waals surface area (Å²) in [6.45, 7) is 8.46. The third kappa shape index (κ3) is 7.48. The Morgan fingerprint density at radius 3 is 2.87 bits per heavy atom. The van der Waals surface area contributed by atoms with Gasteiger partial charge in [-0.3, -0.25) is 14.8 Å². The van der Waals surface area contributed by atoms with E-state index in [-0.39, 0.29) is 11.6 Å². The van der Waals surface area contributed by atoms with Crippen molar-refractivity contribution in [1.29, 1.82) is 5.26 Å². The molecule has 2 N–H and O–H groups in total. The lowest BCUT2D eigenvalue weighted by Crippen LogP contribution is -2.47. The van der Waals surface area contributed by atoms with Gasteiger partial charge in [0.25, 0.3) is 5.91 Å². The Kier molecular flexibility index (Phi) is 10.3. The molecule has 0 aromatic heterocycles. The van der Waals surface area contributed by atoms with Gasteiger partial charge in [0.15, 0.2) is 0 Å². The van der Waals surface area contributed by atoms with Gasteiger partial charge < -0.3 is 15.4 Å². The molecule has 0 saturated heterocycles. The summed E-state index contributed by atoms with van der Waals surface area (Å²) in [4.78, 5) is 16.8. The van der Waals surface area contributed by atoms with Gasteiger partial charge in [-0.15, -0.1) is 0 Å². The molecule has 3 atom stereocenters. The number of nitriles is 1. The monoisotopic (exact) mass is 536 g/mol. The average molecular weight is 537 g/mol. The number of hydrogen-bond donors (Lipinski definition) is 2. The summed E-state index contributed by atoms with van der Waals surface area (Å²) in [5.41, 5.74) is 0.544. The van der Waals surface area contributed by atoms with Gasteiger partial charge >= 0.3 is 0 Å². The Labute approximate surface area is 228 Å². The standard InChI is InChI=1S/C29H34F2N6O2/c1-5-39-23-15-24(27-21(16-32)18-35-37(27)19-23)20(17-34-4)8-6-7-11-29(2,12-13-33-3)36-28(38)25-14-22(30)9-10-26(25)31/h6,8-10,14-15,17-19,21,27,33H,4-5,7,11-13H2,1-3H3,(H,36,38)/b8-6-,20-17+. The maximum atomic E-state index is 14.2. The zero-order valence-electron chi connectivity index (χ0n) is 22.5. The molecule has 0 radical (unpaired) electrons. The Bertz CT molecular complexity index is 1260. The minimum Gasteiger partial charge on any atom is -0.492 e. The average Bonchev–Trinajstić information content (AvgIpc) is 3.33. The number of allylic oxidation sites excluding steroid dienone is 3. The summed E-state index contributed by atoms with van der Waals surface area (Å²) in [7, 11) is 1.81. The molecule has 0 fully saturated rings. The van der Waals surface area contributed by atoms with E-state index in [1.165, 1.54) is 0 Å². The van der Waals surface area contributed by atoms with E-state index in [9.17, 15) is 18.8 Å². The third-order valence-electron chi connectivity index (χ3n) is 6.56. The number of carbonyl (C=O) groups is 1. The van der Waals surface area contributed by atoms with Crippen LogP contribution in [0, 0.1) is 28.9 Å². The predicted molar refractivity (Wildman–Crippen MR) is 148 cm³/mol. The van der Waals surface area contributed by atoms with Crippen molar-refractivity contribution in [1.82, 2.24) is 15.6 Å². The molecule has 2 aliphatic heterocycles. The van der Waals surface area contributed by atoms with Crippen molar-refractivity contribution < 1.29 is 18.3 Å². The second-order valence-electron chi connectivity index (χ2n) is 9.51. The number of carbonyl (C=O) groups excluding carboxylic acids is 1. The topological polar surface area (TPSA) is 102 Å². The maximum Gasteiger partial charge on any atom is 0.254 e. The Balaban J connectivity index is 1.78. The summed E-state index contributed by atoms with van der Waals surface area (Å²) >= 11 is 0. The highest BCUT2D eigenvalue weighted by molar-refractivity contribution is 5.95. The van der Waals surface area contributed by atoms with Crippen LogP contribution >= 0.6 is 0 Å². The van der Waals surface area contributed by atoms with Gasteiger partial charge in [0.1, 0.15) is 23.3 Å². The van der Waals surface area contributed by atoms with Crippen LogP contribution in [0.15, 0.2) is 75.8 Å². The van der Waals surface area contributed by atoms with E-state index in [0.717, 1.165) is 29.3 Å². The van der Waals surface area contributed by atoms with Gasteiger partial charge in [-0.05, 0) is 88.8 Å². The van der Waals surface area contributed by atoms with Crippen LogP contribution < -0.4 is 10.6 Å². The fraction of sp³-hybridized carbons (Fsp3) is 0.379. The first-order valence-corrected chi connectivity index (χ1v) is 12.8. The number of aliphatic imine (C=N–C) groups is 1. The lowest BCUT2D eigenvalue weighted by Gasteiger charge is -2.31. The van der Waals surface area contributed by atoms with E-state index >= 15 is 0 Å². The van der Waals surface area contributed by atoms with Gasteiger partial charge in [0.05, 0.1) is 30.5 Å². The van der Waals surface area contributed by atoms with Crippen molar-refractivity contribution in [3.63, 3.8) is 0 Å². The summed E-state index contributed by atoms with van der Waals surface area (Å²) < 4.78 is 33.6. The Morgan fingerprint density at radius 1 is 1.38 bits per heavy atom. The molecule has 0 saturated carbocycles. The first kappa shape index (κ1) is 29.5. The Morgan fingerprint density at radius 2 is 2.18 bits per heavy atom. The van der Waals surface area contributed by atoms with Gasteiger partial charge in [0, 0.05) is 18.0 Å². The second-order valence-corrected chi connectivity index (χ2v) is 9.51. The highest BCUT2D eigenvalue weighted by Crippen LogP contribution is 2.35. The van der Waals surface area contributed by atoms with Crippen molar-refractivity contribution in [3.05, 3.63) is 82.9 Å². The van der Waals surface area contributed by atoms with Gasteiger partial charge in [-0.25, -0.2) is 8.78 Å². The summed E-state index contributed by atoms with van der Waals surface area (Å²) in [5.74, 6) is -1.95. The molecule has 8 nitrogen and oxygen atoms in total. The fourth-order valence-electron chi connectivity index (χ4n) is 4.51. The molecule has 39 heavy (non-hydrogen) atoms. The summed E-state index contributed by atoms with van der Waals surface area (Å²) in [6, 6.07) is 4.78. The van der Waals surface area contributed by atoms with Crippen molar-refractivity contribution in [2.24, 2.45) is 16.0 Å². The molecule has 1 aromatic carbocycles. The van der Waals surface area contributed by atoms with Crippen LogP contribution in [0.1, 0.15) is 43.5 Å². The van der Waals surface area contributed by atoms with Crippen molar-refractivity contribution in [2.45, 2.75) is 44.7 Å². The maximum absolute atomic E-state index is 14.2. The molecule has 0 aliphatic carbocycles. The minimum atomic E-state index is -0.779. The molecule has 0 bridgehead atoms. The number of hydrogen-bond acceptors (Lipinski definition) is 7. The molecule has 10 heteroatoms. The van der Waals surface area contributed by atoms with Crippen LogP contribution in [-0.4, -0.2) is 55.6 Å². The number of fused-ring (bicyclic) bond motifs is 1. The molecule has 1 aromatic rings. The highest BCUT2D eigenvalue weighted by atomic mass is 19.1. The smallest absolute Gasteiger partial charge is 0.254 e. The number of halogens is 2. The number of benzene rings is 1. The largest absolute Gasteiger partial charge is 0.492 e. The van der Waals surface area contributed by atoms with Crippen LogP contribution in [0.4, 0.5) is 8.78 Å². The lowest BCUT2D eigenvalue weighted by atomic mass is 9.87. The summed E-state index contributed by atoms with van der Waals surface area (Å²) in [6.07, 6.45) is 12.4. The molecular formula is C29H34F2N6O2. The highest BCUT2D eigenvalue weighted by Gasteiger charge is 2.37. The van der Waals surface area contributed by atoms with E-state index < -0.39 is 29.0 Å². The number of nitrogens with zero attached hydrogens (tertiary/aromatic N) is 4. The van der Waals surface area contributed by atoms with E-state index in [1.807, 2.05) is 32.1 Å². The van der Waals surface area contributed by atoms with Crippen LogP contribution in [0.3, 0.4) is 0 Å². The van der Waals surface area contributed by atoms with E-state index in [1.54, 1.807) is 30.7 Å². The van der Waals surface area contributed by atoms with Gasteiger partial charge in [-0.1, -0.05) is 12.2 Å². The van der Waals surface area contributed by atoms with E-state index in [2.05, 4.69) is 33.5 Å². The number of amides is 1. The number of ether oxygens (including phenoxy) is 1. The van der Waals surface area contributed by atoms with Crippen LogP contribution in [0.2, 0.25) is 0 Å². The molecule has 2 heterocycles. The van der Waals surface area contributed by atoms with Crippen molar-refractivity contribution >= 4 is 18.8 Å². The molecule has 206 valence electrons. The molecule has 2 aliphatic rings. The zero-order chi connectivity index (χ0) is 28.4. The zero-order valence-corrected chi connectivity index (χ0v) is 22.5. The fourth-order valence-corrected chi connectivity index (χ4v) is 4.51. The third-order valence-corrected chi connectivity index (χ3v) is 6.56. The number of rotatable bonds is 13. The number of hydrazone groups is 1. The van der Waals surface area contributed by atoms with Gasteiger partial charge in [-0.2, -0.15) is 10.4 Å². The normalized spacial score (nSPS) is 20.1. The quantitative estimate of drug-likeness (QED) is 0.283. The first-order valence-electron chi connectivity index (χ1n) is 12.8. The number of nitrogens with one attached hydrogen (secondary N) is 2. The molecular weight excluding hydrogens is 502 g/mol. The van der Waals surface area contributed by atoms with Gasteiger partial charge in [0.2, 0.25) is 0 Å². The minimum absolute atomic E-state index is 0.321. The van der Waals surface area contributed by atoms with Crippen LogP contribution in [0.5, 0.6) is 0 Å². The molecule has 3 rings (SSSR count). The SMILES string of the molecule is C=N/C=C(\C=C/CCC(C)(CCNC)NC(=O)c1cc(F)ccc1F)C1=CC(OCC)=CN2N=CC(C#N)C12. The van der Waals surface area contributed by atoms with E-state index in [0.29, 0.717) is 38.2 Å². The Hall–Kier alpha value is -4.10. The molecule has 1 amide bonds. The van der Waals surface area contributed by atoms with Crippen LogP contribution in [0.25, 0.3) is 0 Å². The lowest BCUT2D eigenvalue weighted by molar-refractivity contribution is 0.0892. The summed E-state index contributed by atoms with van der Waals surface area (Å²) in [5, 5.41) is 21.7.